The summed E-state index contributed by atoms with van der Waals surface area (Å²) in [4.78, 5) is 11.6. The second kappa shape index (κ2) is 9.89. The fourth-order valence-electron chi connectivity index (χ4n) is 2.06. The predicted molar refractivity (Wildman–Crippen MR) is 95.7 cm³/mol. The first-order chi connectivity index (χ1) is 12.2. The second-order valence-corrected chi connectivity index (χ2v) is 5.11. The molecular formula is C20H21NO4. The van der Waals surface area contributed by atoms with Crippen molar-refractivity contribution >= 4 is 6.09 Å². The van der Waals surface area contributed by atoms with Gasteiger partial charge in [0, 0.05) is 19.0 Å². The molecule has 0 saturated heterocycles. The molecule has 2 aromatic rings. The molecule has 0 atom stereocenters. The van der Waals surface area contributed by atoms with Crippen LogP contribution in [0.3, 0.4) is 0 Å². The summed E-state index contributed by atoms with van der Waals surface area (Å²) < 4.78 is 15.6. The van der Waals surface area contributed by atoms with Crippen molar-refractivity contribution in [3.05, 3.63) is 59.7 Å². The van der Waals surface area contributed by atoms with E-state index in [1.807, 2.05) is 42.5 Å². The summed E-state index contributed by atoms with van der Waals surface area (Å²) in [7, 11) is 3.19. The predicted octanol–water partition coefficient (Wildman–Crippen LogP) is 3.37. The highest BCUT2D eigenvalue weighted by atomic mass is 16.5. The average Bonchev–Trinajstić information content (AvgIpc) is 2.67. The number of ether oxygens (including phenoxy) is 3. The summed E-state index contributed by atoms with van der Waals surface area (Å²) in [5, 5.41) is 2.67. The molecule has 0 spiro atoms. The molecule has 5 nitrogen and oxygen atoms in total. The number of carbonyl (C=O) groups excluding carboxylic acids is 1. The Hall–Kier alpha value is -3.13. The maximum Gasteiger partial charge on any atom is 0.407 e. The van der Waals surface area contributed by atoms with Gasteiger partial charge in [0.15, 0.2) is 0 Å². The number of benzene rings is 2. The van der Waals surface area contributed by atoms with E-state index < -0.39 is 6.09 Å². The van der Waals surface area contributed by atoms with E-state index in [0.29, 0.717) is 24.5 Å². The van der Waals surface area contributed by atoms with E-state index in [-0.39, 0.29) is 6.61 Å². The fourth-order valence-corrected chi connectivity index (χ4v) is 2.06. The van der Waals surface area contributed by atoms with Gasteiger partial charge in [0.25, 0.3) is 0 Å². The minimum Gasteiger partial charge on any atom is -0.497 e. The van der Waals surface area contributed by atoms with E-state index >= 15 is 0 Å². The van der Waals surface area contributed by atoms with Gasteiger partial charge in [-0.15, -0.1) is 0 Å². The molecule has 0 fully saturated rings. The SMILES string of the molecule is COc1ccc(C#CCCNC(=O)OCc2ccccc2)c(OC)c1. The lowest BCUT2D eigenvalue weighted by Gasteiger charge is -2.06. The van der Waals surface area contributed by atoms with Gasteiger partial charge < -0.3 is 19.5 Å². The Balaban J connectivity index is 1.74. The van der Waals surface area contributed by atoms with Crippen LogP contribution in [0.1, 0.15) is 17.5 Å². The number of carbonyl (C=O) groups is 1. The number of hydrogen-bond acceptors (Lipinski definition) is 4. The fraction of sp³-hybridized carbons (Fsp3) is 0.250. The maximum absolute atomic E-state index is 11.6. The zero-order valence-electron chi connectivity index (χ0n) is 14.4. The third-order valence-electron chi connectivity index (χ3n) is 3.36. The quantitative estimate of drug-likeness (QED) is 0.647. The van der Waals surface area contributed by atoms with Gasteiger partial charge in [-0.25, -0.2) is 4.79 Å². The van der Waals surface area contributed by atoms with Gasteiger partial charge in [0.05, 0.1) is 19.8 Å². The van der Waals surface area contributed by atoms with E-state index in [9.17, 15) is 4.79 Å². The van der Waals surface area contributed by atoms with Crippen molar-refractivity contribution in [3.63, 3.8) is 0 Å². The average molecular weight is 339 g/mol. The summed E-state index contributed by atoms with van der Waals surface area (Å²) in [5.41, 5.74) is 1.72. The Morgan fingerprint density at radius 3 is 2.60 bits per heavy atom. The Labute approximate surface area is 147 Å². The molecule has 0 aliphatic rings. The van der Waals surface area contributed by atoms with Gasteiger partial charge in [-0.05, 0) is 17.7 Å². The zero-order chi connectivity index (χ0) is 17.9. The maximum atomic E-state index is 11.6. The highest BCUT2D eigenvalue weighted by Crippen LogP contribution is 2.23. The molecule has 25 heavy (non-hydrogen) atoms. The van der Waals surface area contributed by atoms with Gasteiger partial charge in [0.1, 0.15) is 18.1 Å². The van der Waals surface area contributed by atoms with E-state index in [4.69, 9.17) is 14.2 Å². The molecule has 0 aliphatic carbocycles. The number of amides is 1. The largest absolute Gasteiger partial charge is 0.497 e. The summed E-state index contributed by atoms with van der Waals surface area (Å²) in [5.74, 6) is 7.39. The van der Waals surface area contributed by atoms with Crippen molar-refractivity contribution in [2.45, 2.75) is 13.0 Å². The monoisotopic (exact) mass is 339 g/mol. The lowest BCUT2D eigenvalue weighted by atomic mass is 10.2. The molecule has 0 bridgehead atoms. The minimum atomic E-state index is -0.451. The number of nitrogens with one attached hydrogen (secondary N) is 1. The third-order valence-corrected chi connectivity index (χ3v) is 3.36. The first-order valence-electron chi connectivity index (χ1n) is 7.88. The van der Waals surface area contributed by atoms with Crippen molar-refractivity contribution in [1.29, 1.82) is 0 Å². The first-order valence-corrected chi connectivity index (χ1v) is 7.88. The minimum absolute atomic E-state index is 0.251. The standard InChI is InChI=1S/C20H21NO4/c1-23-18-12-11-17(19(14-18)24-2)10-6-7-13-21-20(22)25-15-16-8-4-3-5-9-16/h3-5,8-9,11-12,14H,7,13,15H2,1-2H3,(H,21,22). The third kappa shape index (κ3) is 6.11. The van der Waals surface area contributed by atoms with Crippen LogP contribution >= 0.6 is 0 Å². The van der Waals surface area contributed by atoms with Crippen LogP contribution in [0.5, 0.6) is 11.5 Å². The Morgan fingerprint density at radius 1 is 1.08 bits per heavy atom. The first kappa shape index (κ1) is 18.2. The molecular weight excluding hydrogens is 318 g/mol. The Kier molecular flexibility index (Phi) is 7.20. The van der Waals surface area contributed by atoms with Crippen LogP contribution in [-0.2, 0) is 11.3 Å². The number of alkyl carbamates (subject to hydrolysis) is 1. The molecule has 2 aromatic carbocycles. The lowest BCUT2D eigenvalue weighted by molar-refractivity contribution is 0.140. The van der Waals surface area contributed by atoms with E-state index in [1.54, 1.807) is 20.3 Å². The van der Waals surface area contributed by atoms with Crippen molar-refractivity contribution < 1.29 is 19.0 Å². The van der Waals surface area contributed by atoms with Crippen LogP contribution in [0.25, 0.3) is 0 Å². The highest BCUT2D eigenvalue weighted by molar-refractivity contribution is 5.67. The van der Waals surface area contributed by atoms with Crippen LogP contribution in [0.15, 0.2) is 48.5 Å². The van der Waals surface area contributed by atoms with E-state index in [2.05, 4.69) is 17.2 Å². The van der Waals surface area contributed by atoms with E-state index in [1.165, 1.54) is 0 Å². The topological polar surface area (TPSA) is 56.8 Å². The summed E-state index contributed by atoms with van der Waals surface area (Å²) in [6, 6.07) is 15.0. The summed E-state index contributed by atoms with van der Waals surface area (Å²) >= 11 is 0. The normalized spacial score (nSPS) is 9.52. The molecule has 5 heteroatoms. The molecule has 2 rings (SSSR count). The van der Waals surface area contributed by atoms with Gasteiger partial charge in [-0.2, -0.15) is 0 Å². The second-order valence-electron chi connectivity index (χ2n) is 5.11. The molecule has 1 N–H and O–H groups in total. The van der Waals surface area contributed by atoms with Crippen LogP contribution < -0.4 is 14.8 Å². The lowest BCUT2D eigenvalue weighted by Crippen LogP contribution is -2.24. The number of methoxy groups -OCH3 is 2. The summed E-state index contributed by atoms with van der Waals surface area (Å²) in [6.07, 6.45) is 0.0583. The van der Waals surface area contributed by atoms with Crippen molar-refractivity contribution in [1.82, 2.24) is 5.32 Å². The van der Waals surface area contributed by atoms with Crippen LogP contribution in [-0.4, -0.2) is 26.9 Å². The molecule has 130 valence electrons. The molecule has 0 radical (unpaired) electrons. The zero-order valence-corrected chi connectivity index (χ0v) is 14.4. The van der Waals surface area contributed by atoms with Gasteiger partial charge in [0.2, 0.25) is 0 Å². The van der Waals surface area contributed by atoms with Crippen molar-refractivity contribution in [3.8, 4) is 23.3 Å². The molecule has 0 unspecified atom stereocenters. The van der Waals surface area contributed by atoms with Crippen LogP contribution in [0.4, 0.5) is 4.79 Å². The van der Waals surface area contributed by atoms with Crippen molar-refractivity contribution in [2.24, 2.45) is 0 Å². The molecule has 0 saturated carbocycles. The highest BCUT2D eigenvalue weighted by Gasteiger charge is 2.03. The van der Waals surface area contributed by atoms with E-state index in [0.717, 1.165) is 11.1 Å². The summed E-state index contributed by atoms with van der Waals surface area (Å²) in [6.45, 7) is 0.667. The van der Waals surface area contributed by atoms with Gasteiger partial charge in [-0.1, -0.05) is 42.2 Å². The number of rotatable bonds is 6. The molecule has 0 aliphatic heterocycles. The Bertz CT molecular complexity index is 747. The van der Waals surface area contributed by atoms with Gasteiger partial charge in [-0.3, -0.25) is 0 Å². The molecule has 1 amide bonds. The van der Waals surface area contributed by atoms with Gasteiger partial charge >= 0.3 is 6.09 Å². The van der Waals surface area contributed by atoms with Crippen molar-refractivity contribution in [2.75, 3.05) is 20.8 Å². The molecule has 0 aromatic heterocycles. The molecule has 0 heterocycles. The van der Waals surface area contributed by atoms with Crippen LogP contribution in [0.2, 0.25) is 0 Å². The number of hydrogen-bond donors (Lipinski definition) is 1. The van der Waals surface area contributed by atoms with Crippen LogP contribution in [0, 0.1) is 11.8 Å². The smallest absolute Gasteiger partial charge is 0.407 e. The Morgan fingerprint density at radius 2 is 1.88 bits per heavy atom.